The highest BCUT2D eigenvalue weighted by atomic mass is 35.5. The Morgan fingerprint density at radius 1 is 0.968 bits per heavy atom. The number of halogens is 1. The summed E-state index contributed by atoms with van der Waals surface area (Å²) >= 11 is 6.15. The topological polar surface area (TPSA) is 78.0 Å². The van der Waals surface area contributed by atoms with Crippen LogP contribution in [-0.2, 0) is 0 Å². The van der Waals surface area contributed by atoms with Gasteiger partial charge in [-0.3, -0.25) is 4.90 Å². The van der Waals surface area contributed by atoms with E-state index < -0.39 is 0 Å². The van der Waals surface area contributed by atoms with E-state index in [2.05, 4.69) is 37.7 Å². The van der Waals surface area contributed by atoms with E-state index in [1.54, 1.807) is 0 Å². The van der Waals surface area contributed by atoms with Gasteiger partial charge in [0.15, 0.2) is 0 Å². The van der Waals surface area contributed by atoms with Gasteiger partial charge in [-0.2, -0.15) is 15.0 Å². The maximum absolute atomic E-state index is 6.15. The number of hydrogen-bond donors (Lipinski definition) is 3. The third-order valence-electron chi connectivity index (χ3n) is 6.31. The van der Waals surface area contributed by atoms with Crippen LogP contribution >= 0.6 is 11.6 Å². The molecule has 0 radical (unpaired) electrons. The fraction of sp³-hybridized carbons (Fsp3) is 0.609. The molecule has 1 unspecified atom stereocenters. The second-order valence-corrected chi connectivity index (χ2v) is 9.02. The Morgan fingerprint density at radius 2 is 1.74 bits per heavy atom. The first kappa shape index (κ1) is 22.1. The molecular formula is C23H34ClN7. The predicted octanol–water partition coefficient (Wildman–Crippen LogP) is 5.30. The molecule has 1 aromatic heterocycles. The summed E-state index contributed by atoms with van der Waals surface area (Å²) in [5, 5.41) is 11.0. The molecule has 1 saturated carbocycles. The lowest BCUT2D eigenvalue weighted by atomic mass is 10.1. The van der Waals surface area contributed by atoms with Crippen LogP contribution in [0.4, 0.5) is 23.5 Å². The van der Waals surface area contributed by atoms with Gasteiger partial charge in [0.2, 0.25) is 17.8 Å². The predicted molar refractivity (Wildman–Crippen MR) is 128 cm³/mol. The lowest BCUT2D eigenvalue weighted by Crippen LogP contribution is -2.35. The van der Waals surface area contributed by atoms with Crippen LogP contribution in [-0.4, -0.2) is 51.6 Å². The molecule has 0 bridgehead atoms. The van der Waals surface area contributed by atoms with Crippen molar-refractivity contribution in [2.24, 2.45) is 0 Å². The van der Waals surface area contributed by atoms with Crippen molar-refractivity contribution in [1.82, 2.24) is 19.9 Å². The van der Waals surface area contributed by atoms with E-state index >= 15 is 0 Å². The van der Waals surface area contributed by atoms with Gasteiger partial charge in [0.1, 0.15) is 0 Å². The molecule has 168 valence electrons. The van der Waals surface area contributed by atoms with Crippen molar-refractivity contribution in [2.45, 2.75) is 70.4 Å². The van der Waals surface area contributed by atoms with Gasteiger partial charge in [0.05, 0.1) is 0 Å². The first-order valence-corrected chi connectivity index (χ1v) is 12.1. The van der Waals surface area contributed by atoms with Crippen molar-refractivity contribution in [3.8, 4) is 0 Å². The molecule has 2 aliphatic rings. The molecule has 0 spiro atoms. The smallest absolute Gasteiger partial charge is 0.233 e. The lowest BCUT2D eigenvalue weighted by molar-refractivity contribution is 0.277. The van der Waals surface area contributed by atoms with Crippen LogP contribution in [0.5, 0.6) is 0 Å². The van der Waals surface area contributed by atoms with E-state index in [4.69, 9.17) is 16.6 Å². The highest BCUT2D eigenvalue weighted by Gasteiger charge is 2.23. The van der Waals surface area contributed by atoms with Crippen molar-refractivity contribution >= 4 is 35.1 Å². The Hall–Kier alpha value is -2.12. The molecule has 4 rings (SSSR count). The molecule has 2 heterocycles. The minimum atomic E-state index is 0.419. The van der Waals surface area contributed by atoms with Crippen molar-refractivity contribution < 1.29 is 0 Å². The first-order chi connectivity index (χ1) is 15.2. The largest absolute Gasteiger partial charge is 0.352 e. The summed E-state index contributed by atoms with van der Waals surface area (Å²) in [6.07, 6.45) is 9.96. The van der Waals surface area contributed by atoms with Crippen LogP contribution in [0, 0.1) is 0 Å². The number of likely N-dealkylation sites (N-methyl/N-ethyl adjacent to an activating group) is 1. The Kier molecular flexibility index (Phi) is 7.81. The summed E-state index contributed by atoms with van der Waals surface area (Å²) < 4.78 is 0. The zero-order valence-corrected chi connectivity index (χ0v) is 19.2. The number of benzene rings is 1. The second-order valence-electron chi connectivity index (χ2n) is 8.58. The number of nitrogens with one attached hydrogen (secondary N) is 3. The van der Waals surface area contributed by atoms with E-state index in [1.165, 1.54) is 57.9 Å². The van der Waals surface area contributed by atoms with Gasteiger partial charge in [-0.1, -0.05) is 50.3 Å². The van der Waals surface area contributed by atoms with Crippen molar-refractivity contribution in [1.29, 1.82) is 0 Å². The first-order valence-electron chi connectivity index (χ1n) is 11.7. The van der Waals surface area contributed by atoms with Crippen LogP contribution in [0.25, 0.3) is 0 Å². The molecule has 0 amide bonds. The van der Waals surface area contributed by atoms with Gasteiger partial charge >= 0.3 is 0 Å². The second kappa shape index (κ2) is 11.0. The van der Waals surface area contributed by atoms with Gasteiger partial charge in [0, 0.05) is 29.3 Å². The molecule has 1 aliphatic carbocycles. The molecule has 1 aromatic carbocycles. The molecule has 1 saturated heterocycles. The fourth-order valence-corrected chi connectivity index (χ4v) is 4.82. The number of anilines is 4. The summed E-state index contributed by atoms with van der Waals surface area (Å²) in [5.41, 5.74) is 0.859. The Bertz CT molecular complexity index is 838. The Balaban J connectivity index is 1.50. The van der Waals surface area contributed by atoms with E-state index in [-0.39, 0.29) is 0 Å². The summed E-state index contributed by atoms with van der Waals surface area (Å²) in [7, 11) is 0. The third kappa shape index (κ3) is 6.43. The molecule has 7 nitrogen and oxygen atoms in total. The van der Waals surface area contributed by atoms with Crippen LogP contribution in [0.15, 0.2) is 24.3 Å². The fourth-order valence-electron chi connectivity index (χ4n) is 4.63. The number of hydrogen-bond acceptors (Lipinski definition) is 7. The minimum Gasteiger partial charge on any atom is -0.352 e. The average Bonchev–Trinajstić information content (AvgIpc) is 3.07. The lowest BCUT2D eigenvalue weighted by Gasteiger charge is -2.23. The monoisotopic (exact) mass is 443 g/mol. The zero-order chi connectivity index (χ0) is 21.5. The SMILES string of the molecule is CCN1CCCC1CNc1nc(Nc2cccc(Cl)c2)nc(NC2CCCCCC2)n1. The number of rotatable bonds is 8. The van der Waals surface area contributed by atoms with Crippen molar-refractivity contribution in [3.63, 3.8) is 0 Å². The molecule has 8 heteroatoms. The van der Waals surface area contributed by atoms with E-state index in [9.17, 15) is 0 Å². The highest BCUT2D eigenvalue weighted by Crippen LogP contribution is 2.23. The Labute approximate surface area is 190 Å². The Morgan fingerprint density at radius 3 is 2.52 bits per heavy atom. The van der Waals surface area contributed by atoms with Crippen LogP contribution in [0.1, 0.15) is 58.3 Å². The van der Waals surface area contributed by atoms with Gasteiger partial charge in [0.25, 0.3) is 0 Å². The van der Waals surface area contributed by atoms with Crippen molar-refractivity contribution in [2.75, 3.05) is 35.6 Å². The van der Waals surface area contributed by atoms with Gasteiger partial charge in [-0.25, -0.2) is 0 Å². The van der Waals surface area contributed by atoms with Crippen molar-refractivity contribution in [3.05, 3.63) is 29.3 Å². The molecule has 3 N–H and O–H groups in total. The number of likely N-dealkylation sites (tertiary alicyclic amines) is 1. The summed E-state index contributed by atoms with van der Waals surface area (Å²) in [6, 6.07) is 8.54. The van der Waals surface area contributed by atoms with Gasteiger partial charge in [-0.15, -0.1) is 0 Å². The molecular weight excluding hydrogens is 410 g/mol. The standard InChI is InChI=1S/C23H34ClN7/c1-2-31-14-8-13-20(31)16-25-21-28-22(26-18-10-5-3-4-6-11-18)30-23(29-21)27-19-12-7-9-17(24)15-19/h7,9,12,15,18,20H,2-6,8,10-11,13-14,16H2,1H3,(H3,25,26,27,28,29,30). The number of aromatic nitrogens is 3. The molecule has 31 heavy (non-hydrogen) atoms. The van der Waals surface area contributed by atoms with Gasteiger partial charge in [-0.05, 0) is 57.0 Å². The van der Waals surface area contributed by atoms with E-state index in [0.717, 1.165) is 18.8 Å². The van der Waals surface area contributed by atoms with Gasteiger partial charge < -0.3 is 16.0 Å². The average molecular weight is 444 g/mol. The molecule has 2 aromatic rings. The maximum atomic E-state index is 6.15. The van der Waals surface area contributed by atoms with Crippen LogP contribution < -0.4 is 16.0 Å². The van der Waals surface area contributed by atoms with E-state index in [1.807, 2.05) is 24.3 Å². The summed E-state index contributed by atoms with van der Waals surface area (Å²) in [4.78, 5) is 16.5. The van der Waals surface area contributed by atoms with Crippen LogP contribution in [0.3, 0.4) is 0 Å². The normalized spacial score (nSPS) is 20.4. The quantitative estimate of drug-likeness (QED) is 0.478. The third-order valence-corrected chi connectivity index (χ3v) is 6.54. The molecule has 1 aliphatic heterocycles. The summed E-state index contributed by atoms with van der Waals surface area (Å²) in [5.74, 6) is 1.76. The number of nitrogens with zero attached hydrogens (tertiary/aromatic N) is 4. The van der Waals surface area contributed by atoms with Crippen LogP contribution in [0.2, 0.25) is 5.02 Å². The zero-order valence-electron chi connectivity index (χ0n) is 18.4. The maximum Gasteiger partial charge on any atom is 0.233 e. The summed E-state index contributed by atoms with van der Waals surface area (Å²) in [6.45, 7) is 5.33. The highest BCUT2D eigenvalue weighted by molar-refractivity contribution is 6.30. The molecule has 2 fully saturated rings. The molecule has 1 atom stereocenters. The minimum absolute atomic E-state index is 0.419. The van der Waals surface area contributed by atoms with E-state index in [0.29, 0.717) is 35.0 Å².